The van der Waals surface area contributed by atoms with Gasteiger partial charge < -0.3 is 24.0 Å². The molecule has 0 spiro atoms. The van der Waals surface area contributed by atoms with Gasteiger partial charge in [-0.3, -0.25) is 4.90 Å². The zero-order valence-electron chi connectivity index (χ0n) is 16.9. The van der Waals surface area contributed by atoms with Gasteiger partial charge >= 0.3 is 0 Å². The summed E-state index contributed by atoms with van der Waals surface area (Å²) in [6.07, 6.45) is 1.01. The fraction of sp³-hybridized carbons (Fsp3) is 0.550. The lowest BCUT2D eigenvalue weighted by Gasteiger charge is -2.24. The van der Waals surface area contributed by atoms with Crippen LogP contribution in [-0.2, 0) is 13.1 Å². The first-order valence-electron chi connectivity index (χ1n) is 9.14. The number of methoxy groups -OCH3 is 1. The van der Waals surface area contributed by atoms with Crippen LogP contribution < -0.4 is 9.47 Å². The molecule has 1 N–H and O–H groups in total. The zero-order valence-corrected chi connectivity index (χ0v) is 16.9. The molecule has 1 atom stereocenters. The topological polar surface area (TPSA) is 71.2 Å². The van der Waals surface area contributed by atoms with E-state index in [0.717, 1.165) is 17.8 Å². The Hall–Kier alpha value is -2.09. The van der Waals surface area contributed by atoms with Crippen LogP contribution in [0.3, 0.4) is 0 Å². The molecule has 1 heterocycles. The van der Waals surface area contributed by atoms with E-state index in [1.807, 2.05) is 38.4 Å². The molecule has 0 bridgehead atoms. The Balaban J connectivity index is 1.95. The summed E-state index contributed by atoms with van der Waals surface area (Å²) >= 11 is 0. The van der Waals surface area contributed by atoms with Crippen LogP contribution in [-0.4, -0.2) is 66.6 Å². The predicted molar refractivity (Wildman–Crippen MR) is 104 cm³/mol. The molecule has 0 fully saturated rings. The number of ether oxygens (including phenoxy) is 2. The lowest BCUT2D eigenvalue weighted by molar-refractivity contribution is 0.0668. The molecule has 0 saturated heterocycles. The van der Waals surface area contributed by atoms with Gasteiger partial charge in [-0.1, -0.05) is 11.2 Å². The van der Waals surface area contributed by atoms with Crippen molar-refractivity contribution >= 4 is 0 Å². The summed E-state index contributed by atoms with van der Waals surface area (Å²) in [6.45, 7) is 6.38. The third kappa shape index (κ3) is 6.86. The highest BCUT2D eigenvalue weighted by atomic mass is 16.5. The molecule has 27 heavy (non-hydrogen) atoms. The smallest absolute Gasteiger partial charge is 0.161 e. The van der Waals surface area contributed by atoms with Crippen molar-refractivity contribution in [3.63, 3.8) is 0 Å². The second kappa shape index (κ2) is 10.3. The van der Waals surface area contributed by atoms with Crippen LogP contribution >= 0.6 is 0 Å². The molecule has 0 amide bonds. The van der Waals surface area contributed by atoms with Gasteiger partial charge in [0.1, 0.15) is 19.0 Å². The molecule has 150 valence electrons. The van der Waals surface area contributed by atoms with Crippen LogP contribution in [0.4, 0.5) is 0 Å². The molecule has 1 aromatic carbocycles. The fourth-order valence-electron chi connectivity index (χ4n) is 2.68. The van der Waals surface area contributed by atoms with E-state index in [1.54, 1.807) is 13.4 Å². The van der Waals surface area contributed by atoms with Crippen molar-refractivity contribution < 1.29 is 19.1 Å². The van der Waals surface area contributed by atoms with Crippen molar-refractivity contribution in [3.05, 3.63) is 41.8 Å². The molecule has 2 aromatic rings. The van der Waals surface area contributed by atoms with Gasteiger partial charge in [0.05, 0.1) is 12.8 Å². The van der Waals surface area contributed by atoms with E-state index < -0.39 is 6.10 Å². The molecular weight excluding hydrogens is 346 g/mol. The Kier molecular flexibility index (Phi) is 8.09. The van der Waals surface area contributed by atoms with E-state index in [0.29, 0.717) is 30.6 Å². The first-order valence-corrected chi connectivity index (χ1v) is 9.14. The summed E-state index contributed by atoms with van der Waals surface area (Å²) in [7, 11) is 5.62. The van der Waals surface area contributed by atoms with Gasteiger partial charge in [-0.05, 0) is 45.6 Å². The Morgan fingerprint density at radius 1 is 1.15 bits per heavy atom. The summed E-state index contributed by atoms with van der Waals surface area (Å²) in [5.74, 6) is 1.29. The number of nitrogens with zero attached hydrogens (tertiary/aromatic N) is 3. The van der Waals surface area contributed by atoms with Crippen LogP contribution in [0.25, 0.3) is 0 Å². The molecule has 7 nitrogen and oxygen atoms in total. The molecule has 0 aliphatic carbocycles. The van der Waals surface area contributed by atoms with Gasteiger partial charge in [-0.25, -0.2) is 0 Å². The van der Waals surface area contributed by atoms with Crippen molar-refractivity contribution in [1.29, 1.82) is 0 Å². The maximum Gasteiger partial charge on any atom is 0.161 e. The Labute approximate surface area is 161 Å². The third-order valence-electron chi connectivity index (χ3n) is 4.42. The summed E-state index contributed by atoms with van der Waals surface area (Å²) in [4.78, 5) is 4.22. The van der Waals surface area contributed by atoms with Gasteiger partial charge in [-0.15, -0.1) is 0 Å². The van der Waals surface area contributed by atoms with Gasteiger partial charge in [-0.2, -0.15) is 0 Å². The average molecular weight is 377 g/mol. The molecule has 2 rings (SSSR count). The highest BCUT2D eigenvalue weighted by Crippen LogP contribution is 2.28. The second-order valence-electron chi connectivity index (χ2n) is 7.15. The van der Waals surface area contributed by atoms with Crippen LogP contribution in [0.2, 0.25) is 0 Å². The van der Waals surface area contributed by atoms with E-state index in [-0.39, 0.29) is 6.61 Å². The summed E-state index contributed by atoms with van der Waals surface area (Å²) in [6, 6.07) is 8.08. The molecule has 1 unspecified atom stereocenters. The largest absolute Gasteiger partial charge is 0.493 e. The van der Waals surface area contributed by atoms with Crippen LogP contribution in [0.5, 0.6) is 11.5 Å². The number of likely N-dealkylation sites (N-methyl/N-ethyl adjacent to an activating group) is 1. The van der Waals surface area contributed by atoms with E-state index in [1.165, 1.54) is 0 Å². The van der Waals surface area contributed by atoms with Crippen molar-refractivity contribution in [2.24, 2.45) is 0 Å². The number of aromatic nitrogens is 1. The van der Waals surface area contributed by atoms with Crippen molar-refractivity contribution in [1.82, 2.24) is 15.0 Å². The summed E-state index contributed by atoms with van der Waals surface area (Å²) < 4.78 is 16.1. The normalized spacial score (nSPS) is 12.8. The molecule has 1 aromatic heterocycles. The molecule has 7 heteroatoms. The minimum absolute atomic E-state index is 0.214. The predicted octanol–water partition coefficient (Wildman–Crippen LogP) is 2.40. The molecule has 0 saturated carbocycles. The van der Waals surface area contributed by atoms with E-state index in [4.69, 9.17) is 14.0 Å². The lowest BCUT2D eigenvalue weighted by Crippen LogP contribution is -2.37. The molecule has 0 aliphatic heterocycles. The van der Waals surface area contributed by atoms with Gasteiger partial charge in [0.15, 0.2) is 11.5 Å². The SMILES string of the molecule is COc1ccc(CN(C)Cc2ccon2)cc1OCC(O)CN(C)C(C)C. The number of aliphatic hydroxyl groups excluding tert-OH is 1. The van der Waals surface area contributed by atoms with Crippen LogP contribution in [0.1, 0.15) is 25.1 Å². The highest BCUT2D eigenvalue weighted by Gasteiger charge is 2.14. The monoisotopic (exact) mass is 377 g/mol. The number of aliphatic hydroxyl groups is 1. The Morgan fingerprint density at radius 3 is 2.56 bits per heavy atom. The number of hydrogen-bond donors (Lipinski definition) is 1. The van der Waals surface area contributed by atoms with Gasteiger partial charge in [0, 0.05) is 31.7 Å². The molecular formula is C20H31N3O4. The molecule has 0 aliphatic rings. The fourth-order valence-corrected chi connectivity index (χ4v) is 2.68. The quantitative estimate of drug-likeness (QED) is 0.645. The van der Waals surface area contributed by atoms with E-state index in [9.17, 15) is 5.11 Å². The van der Waals surface area contributed by atoms with Crippen LogP contribution in [0.15, 0.2) is 35.1 Å². The third-order valence-corrected chi connectivity index (χ3v) is 4.42. The second-order valence-corrected chi connectivity index (χ2v) is 7.15. The average Bonchev–Trinajstić information content (AvgIpc) is 3.12. The standard InChI is InChI=1S/C20H31N3O4/c1-15(2)23(4)13-18(24)14-26-20-10-16(6-7-19(20)25-5)11-22(3)12-17-8-9-27-21-17/h6-10,15,18,24H,11-14H2,1-5H3. The van der Waals surface area contributed by atoms with Crippen molar-refractivity contribution in [3.8, 4) is 11.5 Å². The Bertz CT molecular complexity index is 676. The van der Waals surface area contributed by atoms with E-state index >= 15 is 0 Å². The number of rotatable bonds is 11. The zero-order chi connectivity index (χ0) is 19.8. The summed E-state index contributed by atoms with van der Waals surface area (Å²) in [5, 5.41) is 14.2. The van der Waals surface area contributed by atoms with Crippen LogP contribution in [0, 0.1) is 0 Å². The van der Waals surface area contributed by atoms with Crippen molar-refractivity contribution in [2.45, 2.75) is 39.1 Å². The minimum Gasteiger partial charge on any atom is -0.493 e. The molecule has 0 radical (unpaired) electrons. The Morgan fingerprint density at radius 2 is 1.93 bits per heavy atom. The number of benzene rings is 1. The van der Waals surface area contributed by atoms with Gasteiger partial charge in [0.2, 0.25) is 0 Å². The maximum absolute atomic E-state index is 10.2. The van der Waals surface area contributed by atoms with Crippen molar-refractivity contribution in [2.75, 3.05) is 34.4 Å². The first-order chi connectivity index (χ1) is 12.9. The van der Waals surface area contributed by atoms with Gasteiger partial charge in [0.25, 0.3) is 0 Å². The minimum atomic E-state index is -0.569. The first kappa shape index (κ1) is 21.2. The maximum atomic E-state index is 10.2. The highest BCUT2D eigenvalue weighted by molar-refractivity contribution is 5.43. The summed E-state index contributed by atoms with van der Waals surface area (Å²) in [5.41, 5.74) is 1.98. The lowest BCUT2D eigenvalue weighted by atomic mass is 10.2. The van der Waals surface area contributed by atoms with E-state index in [2.05, 4.69) is 28.8 Å². The number of hydrogen-bond acceptors (Lipinski definition) is 7.